The predicted octanol–water partition coefficient (Wildman–Crippen LogP) is 2.10. The molecule has 17 heavy (non-hydrogen) atoms. The van der Waals surface area contributed by atoms with Crippen molar-refractivity contribution in [1.29, 1.82) is 0 Å². The maximum absolute atomic E-state index is 12.2. The predicted molar refractivity (Wildman–Crippen MR) is 75.2 cm³/mol. The van der Waals surface area contributed by atoms with Gasteiger partial charge in [-0.3, -0.25) is 4.79 Å². The van der Waals surface area contributed by atoms with Gasteiger partial charge in [-0.05, 0) is 44.1 Å². The lowest BCUT2D eigenvalue weighted by atomic mass is 10.1. The van der Waals surface area contributed by atoms with E-state index in [1.165, 1.54) is 0 Å². The van der Waals surface area contributed by atoms with E-state index in [9.17, 15) is 4.79 Å². The molecule has 0 aromatic rings. The number of hydrogen-bond acceptors (Lipinski definition) is 3. The van der Waals surface area contributed by atoms with E-state index in [0.29, 0.717) is 11.9 Å². The number of carbonyl (C=O) groups excluding carboxylic acids is 1. The first-order valence-electron chi connectivity index (χ1n) is 6.66. The summed E-state index contributed by atoms with van der Waals surface area (Å²) in [4.78, 5) is 14.2. The zero-order valence-corrected chi connectivity index (χ0v) is 12.1. The van der Waals surface area contributed by atoms with Crippen LogP contribution in [-0.4, -0.2) is 41.4 Å². The van der Waals surface area contributed by atoms with Crippen LogP contribution in [-0.2, 0) is 4.79 Å². The molecule has 0 radical (unpaired) electrons. The standard InChI is InChI=1S/C13H26N2OS/c1-4-17-8-7-10(2)15(3)13(16)11-5-6-12(14)9-11/h10-12H,4-9,14H2,1-3H3. The van der Waals surface area contributed by atoms with Crippen molar-refractivity contribution >= 4 is 17.7 Å². The Bertz CT molecular complexity index is 248. The fourth-order valence-electron chi connectivity index (χ4n) is 2.34. The number of thioether (sulfide) groups is 1. The molecule has 0 aromatic heterocycles. The summed E-state index contributed by atoms with van der Waals surface area (Å²) >= 11 is 1.94. The Morgan fingerprint density at radius 1 is 1.53 bits per heavy atom. The minimum Gasteiger partial charge on any atom is -0.343 e. The molecule has 1 rings (SSSR count). The lowest BCUT2D eigenvalue weighted by molar-refractivity contribution is -0.135. The molecule has 0 aliphatic heterocycles. The van der Waals surface area contributed by atoms with Crippen molar-refractivity contribution in [2.45, 2.75) is 51.6 Å². The first kappa shape index (κ1) is 14.8. The summed E-state index contributed by atoms with van der Waals surface area (Å²) < 4.78 is 0. The maximum Gasteiger partial charge on any atom is 0.225 e. The molecule has 0 spiro atoms. The van der Waals surface area contributed by atoms with Crippen LogP contribution in [0.4, 0.5) is 0 Å². The van der Waals surface area contributed by atoms with Crippen molar-refractivity contribution in [3.05, 3.63) is 0 Å². The van der Waals surface area contributed by atoms with Crippen LogP contribution < -0.4 is 5.73 Å². The van der Waals surface area contributed by atoms with Gasteiger partial charge in [0.1, 0.15) is 0 Å². The first-order chi connectivity index (χ1) is 8.06. The van der Waals surface area contributed by atoms with Crippen molar-refractivity contribution < 1.29 is 4.79 Å². The molecular weight excluding hydrogens is 232 g/mol. The van der Waals surface area contributed by atoms with Crippen molar-refractivity contribution in [2.75, 3.05) is 18.6 Å². The van der Waals surface area contributed by atoms with Crippen LogP contribution in [0.25, 0.3) is 0 Å². The zero-order chi connectivity index (χ0) is 12.8. The van der Waals surface area contributed by atoms with Gasteiger partial charge in [0.2, 0.25) is 5.91 Å². The summed E-state index contributed by atoms with van der Waals surface area (Å²) in [7, 11) is 1.94. The van der Waals surface area contributed by atoms with Crippen molar-refractivity contribution in [3.63, 3.8) is 0 Å². The van der Waals surface area contributed by atoms with E-state index >= 15 is 0 Å². The summed E-state index contributed by atoms with van der Waals surface area (Å²) in [6.07, 6.45) is 3.93. The molecule has 1 aliphatic carbocycles. The highest BCUT2D eigenvalue weighted by Gasteiger charge is 2.30. The van der Waals surface area contributed by atoms with Gasteiger partial charge >= 0.3 is 0 Å². The van der Waals surface area contributed by atoms with Crippen LogP contribution in [0.15, 0.2) is 0 Å². The van der Waals surface area contributed by atoms with Crippen LogP contribution in [0.5, 0.6) is 0 Å². The summed E-state index contributed by atoms with van der Waals surface area (Å²) in [5.74, 6) is 2.77. The molecule has 2 N–H and O–H groups in total. The summed E-state index contributed by atoms with van der Waals surface area (Å²) in [6.45, 7) is 4.31. The Kier molecular flexibility index (Phi) is 6.34. The van der Waals surface area contributed by atoms with Crippen LogP contribution in [0.1, 0.15) is 39.5 Å². The first-order valence-corrected chi connectivity index (χ1v) is 7.81. The molecule has 1 amide bonds. The molecule has 3 unspecified atom stereocenters. The summed E-state index contributed by atoms with van der Waals surface area (Å²) in [5.41, 5.74) is 5.86. The van der Waals surface area contributed by atoms with E-state index in [0.717, 1.165) is 37.2 Å². The number of carbonyl (C=O) groups is 1. The van der Waals surface area contributed by atoms with E-state index in [1.54, 1.807) is 0 Å². The molecule has 0 bridgehead atoms. The second-order valence-electron chi connectivity index (χ2n) is 5.05. The molecule has 4 heteroatoms. The van der Waals surface area contributed by atoms with Gasteiger partial charge in [-0.2, -0.15) is 11.8 Å². The maximum atomic E-state index is 12.2. The largest absolute Gasteiger partial charge is 0.343 e. The van der Waals surface area contributed by atoms with E-state index in [2.05, 4.69) is 13.8 Å². The number of hydrogen-bond donors (Lipinski definition) is 1. The Hall–Kier alpha value is -0.220. The minimum absolute atomic E-state index is 0.177. The molecular formula is C13H26N2OS. The van der Waals surface area contributed by atoms with Crippen molar-refractivity contribution in [2.24, 2.45) is 11.7 Å². The zero-order valence-electron chi connectivity index (χ0n) is 11.3. The van der Waals surface area contributed by atoms with Crippen LogP contribution in [0.2, 0.25) is 0 Å². The number of nitrogens with two attached hydrogens (primary N) is 1. The normalized spacial score (nSPS) is 25.9. The molecule has 0 heterocycles. The summed E-state index contributed by atoms with van der Waals surface area (Å²) in [5, 5.41) is 0. The number of rotatable bonds is 6. The average molecular weight is 258 g/mol. The quantitative estimate of drug-likeness (QED) is 0.742. The molecule has 1 saturated carbocycles. The van der Waals surface area contributed by atoms with Gasteiger partial charge in [0, 0.05) is 25.0 Å². The highest BCUT2D eigenvalue weighted by Crippen LogP contribution is 2.26. The topological polar surface area (TPSA) is 46.3 Å². The lowest BCUT2D eigenvalue weighted by Gasteiger charge is -2.27. The second-order valence-corrected chi connectivity index (χ2v) is 6.45. The van der Waals surface area contributed by atoms with Gasteiger partial charge in [0.25, 0.3) is 0 Å². The van der Waals surface area contributed by atoms with Crippen molar-refractivity contribution in [3.8, 4) is 0 Å². The van der Waals surface area contributed by atoms with E-state index in [-0.39, 0.29) is 12.0 Å². The summed E-state index contributed by atoms with van der Waals surface area (Å²) in [6, 6.07) is 0.585. The van der Waals surface area contributed by atoms with Gasteiger partial charge in [-0.1, -0.05) is 6.92 Å². The average Bonchev–Trinajstić information content (AvgIpc) is 2.74. The Balaban J connectivity index is 2.34. The molecule has 0 aromatic carbocycles. The highest BCUT2D eigenvalue weighted by atomic mass is 32.2. The molecule has 100 valence electrons. The smallest absolute Gasteiger partial charge is 0.225 e. The Morgan fingerprint density at radius 2 is 2.24 bits per heavy atom. The van der Waals surface area contributed by atoms with Crippen molar-refractivity contribution in [1.82, 2.24) is 4.90 Å². The third-order valence-electron chi connectivity index (χ3n) is 3.72. The number of amides is 1. The van der Waals surface area contributed by atoms with Crippen LogP contribution in [0, 0.1) is 5.92 Å². The fourth-order valence-corrected chi connectivity index (χ4v) is 3.13. The monoisotopic (exact) mass is 258 g/mol. The van der Waals surface area contributed by atoms with Gasteiger partial charge in [0.15, 0.2) is 0 Å². The Labute approximate surface area is 109 Å². The third-order valence-corrected chi connectivity index (χ3v) is 4.65. The molecule has 3 nitrogen and oxygen atoms in total. The highest BCUT2D eigenvalue weighted by molar-refractivity contribution is 7.99. The molecule has 1 aliphatic rings. The third kappa shape index (κ3) is 4.51. The number of nitrogens with zero attached hydrogens (tertiary/aromatic N) is 1. The molecule has 3 atom stereocenters. The van der Waals surface area contributed by atoms with Crippen LogP contribution >= 0.6 is 11.8 Å². The lowest BCUT2D eigenvalue weighted by Crippen LogP contribution is -2.39. The van der Waals surface area contributed by atoms with Gasteiger partial charge in [-0.15, -0.1) is 0 Å². The molecule has 0 saturated heterocycles. The fraction of sp³-hybridized carbons (Fsp3) is 0.923. The Morgan fingerprint density at radius 3 is 2.76 bits per heavy atom. The van der Waals surface area contributed by atoms with Gasteiger partial charge in [0.05, 0.1) is 0 Å². The van der Waals surface area contributed by atoms with Gasteiger partial charge in [-0.25, -0.2) is 0 Å². The second kappa shape index (κ2) is 7.27. The van der Waals surface area contributed by atoms with Crippen LogP contribution in [0.3, 0.4) is 0 Å². The van der Waals surface area contributed by atoms with E-state index in [4.69, 9.17) is 5.73 Å². The van der Waals surface area contributed by atoms with Gasteiger partial charge < -0.3 is 10.6 Å². The minimum atomic E-state index is 0.177. The van der Waals surface area contributed by atoms with E-state index in [1.807, 2.05) is 23.7 Å². The molecule has 1 fully saturated rings. The SMILES string of the molecule is CCSCCC(C)N(C)C(=O)C1CCC(N)C1. The van der Waals surface area contributed by atoms with E-state index < -0.39 is 0 Å².